The number of nitrogens with zero attached hydrogens (tertiary/aromatic N) is 3. The van der Waals surface area contributed by atoms with Crippen LogP contribution in [-0.4, -0.2) is 85.9 Å². The van der Waals surface area contributed by atoms with Crippen molar-refractivity contribution >= 4 is 11.7 Å². The van der Waals surface area contributed by atoms with Crippen molar-refractivity contribution in [3.63, 3.8) is 0 Å². The summed E-state index contributed by atoms with van der Waals surface area (Å²) in [6, 6.07) is 1.27. The van der Waals surface area contributed by atoms with Gasteiger partial charge in [0.1, 0.15) is 5.82 Å². The number of anilines is 1. The Kier molecular flexibility index (Phi) is 7.00. The highest BCUT2D eigenvalue weighted by molar-refractivity contribution is 5.84. The summed E-state index contributed by atoms with van der Waals surface area (Å²) in [7, 11) is -0.199. The number of carbonyl (C=O) groups excluding carboxylic acids is 1. The van der Waals surface area contributed by atoms with Crippen molar-refractivity contribution in [3.8, 4) is 0 Å². The standard InChI is InChI=1S/C25H33F5N4O3/c1-36-20-14-37-7-4-19(20)32-16-2-5-24(10-16,11-21(26)27)23(35)34-13-17-9-18(34)12-33(17)22-8-15(3-6-31-22)25(28,29)30/h3,6,8,16-21,32H,2,4-5,7,9-14H2,1H3/t16-,17+,18+,19+,20-,24+/m1/s1/i1D. The summed E-state index contributed by atoms with van der Waals surface area (Å²) in [6.45, 7) is 1.51. The summed E-state index contributed by atoms with van der Waals surface area (Å²) in [5.41, 5.74) is -1.97. The second-order valence-corrected chi connectivity index (χ2v) is 10.7. The zero-order chi connectivity index (χ0) is 27.1. The van der Waals surface area contributed by atoms with Crippen molar-refractivity contribution < 1.29 is 37.6 Å². The number of carbonyl (C=O) groups is 1. The lowest BCUT2D eigenvalue weighted by Gasteiger charge is -2.40. The second-order valence-electron chi connectivity index (χ2n) is 10.7. The number of likely N-dealkylation sites (tertiary alicyclic amines) is 1. The van der Waals surface area contributed by atoms with Gasteiger partial charge in [-0.2, -0.15) is 13.2 Å². The fourth-order valence-electron chi connectivity index (χ4n) is 6.65. The Morgan fingerprint density at radius 3 is 2.89 bits per heavy atom. The molecule has 0 aromatic carbocycles. The molecule has 3 aliphatic heterocycles. The van der Waals surface area contributed by atoms with Gasteiger partial charge in [0, 0.05) is 51.5 Å². The van der Waals surface area contributed by atoms with E-state index < -0.39 is 30.0 Å². The van der Waals surface area contributed by atoms with Gasteiger partial charge in [-0.05, 0) is 44.2 Å². The average molecular weight is 534 g/mol. The van der Waals surface area contributed by atoms with E-state index in [1.165, 1.54) is 0 Å². The Hall–Kier alpha value is -2.05. The average Bonchev–Trinajstić information content (AvgIpc) is 3.59. The van der Waals surface area contributed by atoms with Crippen LogP contribution in [0.1, 0.15) is 45.5 Å². The lowest BCUT2D eigenvalue weighted by molar-refractivity contribution is -0.146. The molecular formula is C25H33F5N4O3. The lowest BCUT2D eigenvalue weighted by Crippen LogP contribution is -2.54. The van der Waals surface area contributed by atoms with E-state index in [4.69, 9.17) is 10.8 Å². The predicted octanol–water partition coefficient (Wildman–Crippen LogP) is 3.48. The van der Waals surface area contributed by atoms with Crippen LogP contribution in [0.4, 0.5) is 27.8 Å². The van der Waals surface area contributed by atoms with Crippen LogP contribution in [0.25, 0.3) is 0 Å². The monoisotopic (exact) mass is 533 g/mol. The van der Waals surface area contributed by atoms with E-state index in [2.05, 4.69) is 10.3 Å². The number of nitrogens with one attached hydrogen (secondary N) is 1. The van der Waals surface area contributed by atoms with Crippen molar-refractivity contribution in [1.29, 1.82) is 0 Å². The molecule has 0 spiro atoms. The minimum atomic E-state index is -4.48. The number of piperazine rings is 1. The Morgan fingerprint density at radius 1 is 1.35 bits per heavy atom. The summed E-state index contributed by atoms with van der Waals surface area (Å²) >= 11 is 0. The van der Waals surface area contributed by atoms with Crippen molar-refractivity contribution in [1.82, 2.24) is 15.2 Å². The van der Waals surface area contributed by atoms with Crippen LogP contribution in [0.5, 0.6) is 0 Å². The number of halogens is 5. The maximum absolute atomic E-state index is 13.8. The van der Waals surface area contributed by atoms with E-state index in [0.717, 1.165) is 18.3 Å². The van der Waals surface area contributed by atoms with Crippen LogP contribution in [0.15, 0.2) is 18.3 Å². The number of amides is 1. The van der Waals surface area contributed by atoms with Gasteiger partial charge < -0.3 is 24.6 Å². The van der Waals surface area contributed by atoms with Crippen LogP contribution in [0, 0.1) is 5.41 Å². The van der Waals surface area contributed by atoms with E-state index >= 15 is 0 Å². The Morgan fingerprint density at radius 2 is 2.19 bits per heavy atom. The first-order valence-corrected chi connectivity index (χ1v) is 12.7. The third-order valence-corrected chi connectivity index (χ3v) is 8.44. The smallest absolute Gasteiger partial charge is 0.379 e. The molecule has 37 heavy (non-hydrogen) atoms. The number of fused-ring (bicyclic) bond motifs is 2. The molecule has 1 aliphatic carbocycles. The Labute approximate surface area is 214 Å². The summed E-state index contributed by atoms with van der Waals surface area (Å²) in [4.78, 5) is 21.4. The van der Waals surface area contributed by atoms with E-state index in [9.17, 15) is 26.7 Å². The number of hydrogen-bond acceptors (Lipinski definition) is 6. The quantitative estimate of drug-likeness (QED) is 0.542. The molecule has 12 heteroatoms. The SMILES string of the molecule is [2H]CO[C@@H]1COCC[C@@H]1N[C@@H]1CC[C@](CC(F)F)(C(=O)N2C[C@@H]3C[C@H]2CN3c2cc(C(F)(F)F)ccn2)C1. The van der Waals surface area contributed by atoms with Crippen LogP contribution < -0.4 is 10.2 Å². The van der Waals surface area contributed by atoms with Crippen molar-refractivity contribution in [2.45, 2.75) is 81.4 Å². The van der Waals surface area contributed by atoms with Gasteiger partial charge in [-0.3, -0.25) is 4.79 Å². The van der Waals surface area contributed by atoms with Gasteiger partial charge >= 0.3 is 6.18 Å². The number of aromatic nitrogens is 1. The molecule has 1 amide bonds. The zero-order valence-corrected chi connectivity index (χ0v) is 20.4. The van der Waals surface area contributed by atoms with Gasteiger partial charge in [0.05, 0.1) is 37.1 Å². The highest BCUT2D eigenvalue weighted by atomic mass is 19.4. The van der Waals surface area contributed by atoms with Crippen LogP contribution in [-0.2, 0) is 20.4 Å². The van der Waals surface area contributed by atoms with E-state index in [-0.39, 0.29) is 62.0 Å². The second kappa shape index (κ2) is 10.3. The fourth-order valence-corrected chi connectivity index (χ4v) is 6.65. The van der Waals surface area contributed by atoms with Crippen molar-refractivity contribution in [2.24, 2.45) is 5.41 Å². The molecule has 206 valence electrons. The number of alkyl halides is 5. The Balaban J connectivity index is 1.26. The maximum atomic E-state index is 13.8. The first-order chi connectivity index (χ1) is 18.1. The molecule has 1 aromatic rings. The Bertz CT molecular complexity index is 1000. The topological polar surface area (TPSA) is 66.9 Å². The molecule has 0 unspecified atom stereocenters. The molecule has 5 rings (SSSR count). The molecule has 3 saturated heterocycles. The van der Waals surface area contributed by atoms with E-state index in [1.54, 1.807) is 9.80 Å². The highest BCUT2D eigenvalue weighted by Gasteiger charge is 2.54. The van der Waals surface area contributed by atoms with Crippen LogP contribution in [0.3, 0.4) is 0 Å². The maximum Gasteiger partial charge on any atom is 0.416 e. The molecule has 0 radical (unpaired) electrons. The molecule has 6 atom stereocenters. The number of rotatable bonds is 7. The molecule has 1 aromatic heterocycles. The molecule has 4 heterocycles. The van der Waals surface area contributed by atoms with Gasteiger partial charge in [-0.1, -0.05) is 0 Å². The summed E-state index contributed by atoms with van der Waals surface area (Å²) < 4.78 is 85.4. The third-order valence-electron chi connectivity index (χ3n) is 8.44. The molecule has 4 fully saturated rings. The van der Waals surface area contributed by atoms with Crippen LogP contribution >= 0.6 is 0 Å². The fraction of sp³-hybridized carbons (Fsp3) is 0.760. The summed E-state index contributed by atoms with van der Waals surface area (Å²) in [5.74, 6) is -0.0649. The molecule has 2 bridgehead atoms. The molecular weight excluding hydrogens is 499 g/mol. The summed E-state index contributed by atoms with van der Waals surface area (Å²) in [5, 5.41) is 3.49. The zero-order valence-electron chi connectivity index (χ0n) is 21.4. The van der Waals surface area contributed by atoms with E-state index in [1.807, 2.05) is 0 Å². The largest absolute Gasteiger partial charge is 0.416 e. The van der Waals surface area contributed by atoms with Gasteiger partial charge in [0.25, 0.3) is 0 Å². The lowest BCUT2D eigenvalue weighted by atomic mass is 9.80. The number of ether oxygens (including phenoxy) is 2. The van der Waals surface area contributed by atoms with Gasteiger partial charge in [-0.15, -0.1) is 0 Å². The van der Waals surface area contributed by atoms with Crippen LogP contribution in [0.2, 0.25) is 0 Å². The molecule has 1 saturated carbocycles. The number of methoxy groups -OCH3 is 1. The minimum absolute atomic E-state index is 0.0760. The van der Waals surface area contributed by atoms with Gasteiger partial charge in [0.2, 0.25) is 12.3 Å². The molecule has 1 N–H and O–H groups in total. The molecule has 7 nitrogen and oxygen atoms in total. The minimum Gasteiger partial charge on any atom is -0.379 e. The highest BCUT2D eigenvalue weighted by Crippen LogP contribution is 2.47. The number of hydrogen-bond donors (Lipinski definition) is 1. The van der Waals surface area contributed by atoms with Crippen molar-refractivity contribution in [2.75, 3.05) is 38.3 Å². The van der Waals surface area contributed by atoms with Gasteiger partial charge in [0.15, 0.2) is 0 Å². The first kappa shape index (κ1) is 25.2. The third kappa shape index (κ3) is 5.29. The normalized spacial score (nSPS) is 34.4. The van der Waals surface area contributed by atoms with Gasteiger partial charge in [-0.25, -0.2) is 13.8 Å². The number of pyridine rings is 1. The van der Waals surface area contributed by atoms with Crippen molar-refractivity contribution in [3.05, 3.63) is 23.9 Å². The predicted molar refractivity (Wildman–Crippen MR) is 124 cm³/mol. The molecule has 4 aliphatic rings. The first-order valence-electron chi connectivity index (χ1n) is 13.4. The van der Waals surface area contributed by atoms with E-state index in [0.29, 0.717) is 45.4 Å². The summed E-state index contributed by atoms with van der Waals surface area (Å²) in [6.07, 6.45) is -4.35.